The van der Waals surface area contributed by atoms with E-state index in [9.17, 15) is 9.59 Å². The van der Waals surface area contributed by atoms with Gasteiger partial charge in [0.25, 0.3) is 5.91 Å². The maximum atomic E-state index is 14.2. The molecule has 2 aliphatic heterocycles. The van der Waals surface area contributed by atoms with Gasteiger partial charge in [0.15, 0.2) is 5.82 Å². The molecule has 0 bridgehead atoms. The molecule has 0 atom stereocenters. The van der Waals surface area contributed by atoms with Gasteiger partial charge in [-0.05, 0) is 92.1 Å². The number of carbonyl (C=O) groups is 2. The van der Waals surface area contributed by atoms with Crippen molar-refractivity contribution in [3.8, 4) is 22.8 Å². The fourth-order valence-corrected chi connectivity index (χ4v) is 5.99. The van der Waals surface area contributed by atoms with Gasteiger partial charge in [-0.25, -0.2) is 14.3 Å². The molecule has 2 amide bonds. The molecule has 4 heterocycles. The second-order valence-corrected chi connectivity index (χ2v) is 11.3. The lowest BCUT2D eigenvalue weighted by atomic mass is 10.0. The number of aromatic nitrogens is 5. The number of methoxy groups -OCH3 is 1. The molecule has 0 aliphatic carbocycles. The molecule has 5 aromatic rings. The second kappa shape index (κ2) is 11.6. The van der Waals surface area contributed by atoms with Crippen LogP contribution in [0.15, 0.2) is 79.1 Å². The number of fused-ring (bicyclic) bond motifs is 1. The largest absolute Gasteiger partial charge is 0.497 e. The summed E-state index contributed by atoms with van der Waals surface area (Å²) >= 11 is 6.05. The zero-order chi connectivity index (χ0) is 30.2. The first kappa shape index (κ1) is 27.8. The highest BCUT2D eigenvalue weighted by molar-refractivity contribution is 6.30. The van der Waals surface area contributed by atoms with Gasteiger partial charge in [-0.2, -0.15) is 10.2 Å². The van der Waals surface area contributed by atoms with Crippen LogP contribution < -0.4 is 14.5 Å². The van der Waals surface area contributed by atoms with Crippen LogP contribution in [0, 0.1) is 0 Å². The maximum absolute atomic E-state index is 14.2. The minimum absolute atomic E-state index is 0.136. The van der Waals surface area contributed by atoms with Crippen molar-refractivity contribution in [3.05, 3.63) is 101 Å². The summed E-state index contributed by atoms with van der Waals surface area (Å²) in [5.74, 6) is 1.31. The summed E-state index contributed by atoms with van der Waals surface area (Å²) in [6.45, 7) is 1.58. The van der Waals surface area contributed by atoms with Crippen molar-refractivity contribution in [2.45, 2.75) is 32.2 Å². The summed E-state index contributed by atoms with van der Waals surface area (Å²) in [6, 6.07) is 22.6. The molecule has 44 heavy (non-hydrogen) atoms. The predicted octanol–water partition coefficient (Wildman–Crippen LogP) is 5.56. The number of benzene rings is 3. The van der Waals surface area contributed by atoms with Crippen LogP contribution in [-0.2, 0) is 17.8 Å². The van der Waals surface area contributed by atoms with Gasteiger partial charge in [-0.15, -0.1) is 0 Å². The Morgan fingerprint density at radius 1 is 0.795 bits per heavy atom. The summed E-state index contributed by atoms with van der Waals surface area (Å²) < 4.78 is 8.81. The molecule has 0 unspecified atom stereocenters. The summed E-state index contributed by atoms with van der Waals surface area (Å²) in [5, 5.41) is 10.3. The van der Waals surface area contributed by atoms with E-state index in [1.54, 1.807) is 27.7 Å². The summed E-state index contributed by atoms with van der Waals surface area (Å²) in [5.41, 5.74) is 5.42. The highest BCUT2D eigenvalue weighted by Gasteiger charge is 2.33. The molecule has 2 aromatic heterocycles. The van der Waals surface area contributed by atoms with Gasteiger partial charge in [0.2, 0.25) is 5.91 Å². The molecule has 0 radical (unpaired) electrons. The zero-order valence-corrected chi connectivity index (χ0v) is 24.9. The van der Waals surface area contributed by atoms with E-state index in [0.29, 0.717) is 48.2 Å². The van der Waals surface area contributed by atoms with E-state index in [4.69, 9.17) is 21.4 Å². The molecular formula is C33H30ClN7O3. The summed E-state index contributed by atoms with van der Waals surface area (Å²) in [4.78, 5) is 34.7. The molecule has 2 aliphatic rings. The van der Waals surface area contributed by atoms with Crippen molar-refractivity contribution in [2.75, 3.05) is 30.0 Å². The van der Waals surface area contributed by atoms with E-state index < -0.39 is 0 Å². The van der Waals surface area contributed by atoms with E-state index in [1.807, 2.05) is 77.7 Å². The molecule has 1 fully saturated rings. The number of anilines is 2. The highest BCUT2D eigenvalue weighted by atomic mass is 35.5. The van der Waals surface area contributed by atoms with Crippen LogP contribution in [0.25, 0.3) is 17.1 Å². The molecule has 3 aromatic carbocycles. The number of carbonyl (C=O) groups excluding carboxylic acids is 2. The number of rotatable bonds is 7. The fraction of sp³-hybridized carbons (Fsp3) is 0.242. The second-order valence-electron chi connectivity index (χ2n) is 10.9. The minimum Gasteiger partial charge on any atom is -0.497 e. The molecule has 0 N–H and O–H groups in total. The van der Waals surface area contributed by atoms with Crippen LogP contribution >= 0.6 is 11.6 Å². The Morgan fingerprint density at radius 2 is 1.50 bits per heavy atom. The Kier molecular flexibility index (Phi) is 7.35. The third kappa shape index (κ3) is 5.22. The van der Waals surface area contributed by atoms with Crippen LogP contribution in [0.2, 0.25) is 5.02 Å². The number of ether oxygens (including phenoxy) is 1. The molecule has 10 nitrogen and oxygen atoms in total. The number of halogens is 1. The topological polar surface area (TPSA) is 98.4 Å². The van der Waals surface area contributed by atoms with Crippen molar-refractivity contribution in [1.82, 2.24) is 24.5 Å². The first-order valence-electron chi connectivity index (χ1n) is 14.6. The first-order valence-corrected chi connectivity index (χ1v) is 15.0. The van der Waals surface area contributed by atoms with E-state index in [2.05, 4.69) is 10.1 Å². The number of amides is 2. The highest BCUT2D eigenvalue weighted by Crippen LogP contribution is 2.31. The molecule has 11 heteroatoms. The number of piperidine rings is 1. The van der Waals surface area contributed by atoms with Crippen LogP contribution in [-0.4, -0.2) is 56.6 Å². The molecule has 1 saturated heterocycles. The van der Waals surface area contributed by atoms with Crippen LogP contribution in [0.1, 0.15) is 41.0 Å². The zero-order valence-electron chi connectivity index (χ0n) is 24.2. The average Bonchev–Trinajstić information content (AvgIpc) is 3.68. The Balaban J connectivity index is 1.21. The van der Waals surface area contributed by atoms with Gasteiger partial charge in [-0.1, -0.05) is 11.6 Å². The van der Waals surface area contributed by atoms with Gasteiger partial charge in [-0.3, -0.25) is 9.59 Å². The number of hydrogen-bond donors (Lipinski definition) is 0. The average molecular weight is 608 g/mol. The molecule has 7 rings (SSSR count). The fourth-order valence-electron chi connectivity index (χ4n) is 5.86. The maximum Gasteiger partial charge on any atom is 0.277 e. The number of hydrogen-bond acceptors (Lipinski definition) is 6. The third-order valence-corrected chi connectivity index (χ3v) is 8.42. The van der Waals surface area contributed by atoms with Crippen LogP contribution in [0.4, 0.5) is 11.4 Å². The van der Waals surface area contributed by atoms with E-state index in [-0.39, 0.29) is 11.8 Å². The lowest BCUT2D eigenvalue weighted by Gasteiger charge is -2.30. The van der Waals surface area contributed by atoms with E-state index in [0.717, 1.165) is 53.3 Å². The Hall–Kier alpha value is -4.96. The van der Waals surface area contributed by atoms with Crippen molar-refractivity contribution in [2.24, 2.45) is 0 Å². The third-order valence-electron chi connectivity index (χ3n) is 8.16. The molecule has 0 spiro atoms. The monoisotopic (exact) mass is 607 g/mol. The van der Waals surface area contributed by atoms with Crippen molar-refractivity contribution >= 4 is 34.8 Å². The van der Waals surface area contributed by atoms with E-state index >= 15 is 0 Å². The SMILES string of the molecule is COc1ccc(-n2nc(Cn3cnc(-c4ccc(Cl)cc4)n3)c3c2C(=O)N(c2ccc(N4CCCCC4=O)cc2)CC3)cc1. The first-order chi connectivity index (χ1) is 21.5. The van der Waals surface area contributed by atoms with Crippen molar-refractivity contribution in [3.63, 3.8) is 0 Å². The number of nitrogens with zero attached hydrogens (tertiary/aromatic N) is 7. The Morgan fingerprint density at radius 3 is 2.20 bits per heavy atom. The summed E-state index contributed by atoms with van der Waals surface area (Å²) in [7, 11) is 1.62. The van der Waals surface area contributed by atoms with Crippen LogP contribution in [0.5, 0.6) is 5.75 Å². The molecule has 222 valence electrons. The van der Waals surface area contributed by atoms with E-state index in [1.165, 1.54) is 0 Å². The van der Waals surface area contributed by atoms with Gasteiger partial charge < -0.3 is 14.5 Å². The minimum atomic E-state index is -0.136. The molecule has 0 saturated carbocycles. The van der Waals surface area contributed by atoms with Crippen molar-refractivity contribution < 1.29 is 14.3 Å². The standard InChI is InChI=1S/C33H30ClN7O3/c1-44-27-15-13-26(14-16-27)41-31-28(29(36-41)20-38-21-35-32(37-38)22-5-7-23(34)8-6-22)17-19-40(33(31)43)25-11-9-24(10-12-25)39-18-3-2-4-30(39)42/h5-16,21H,2-4,17-20H2,1H3. The predicted molar refractivity (Wildman–Crippen MR) is 168 cm³/mol. The Labute approximate surface area is 259 Å². The van der Waals surface area contributed by atoms with Gasteiger partial charge in [0, 0.05) is 47.0 Å². The summed E-state index contributed by atoms with van der Waals surface area (Å²) in [6.07, 6.45) is 4.80. The smallest absolute Gasteiger partial charge is 0.277 e. The van der Waals surface area contributed by atoms with Crippen LogP contribution in [0.3, 0.4) is 0 Å². The quantitative estimate of drug-likeness (QED) is 0.240. The normalized spacial score (nSPS) is 15.0. The lowest BCUT2D eigenvalue weighted by molar-refractivity contribution is -0.119. The van der Waals surface area contributed by atoms with Gasteiger partial charge in [0.1, 0.15) is 17.8 Å². The molecular weight excluding hydrogens is 578 g/mol. The Bertz CT molecular complexity index is 1830. The lowest BCUT2D eigenvalue weighted by Crippen LogP contribution is -2.39. The van der Waals surface area contributed by atoms with Gasteiger partial charge in [0.05, 0.1) is 25.0 Å². The van der Waals surface area contributed by atoms with Crippen molar-refractivity contribution in [1.29, 1.82) is 0 Å². The van der Waals surface area contributed by atoms with Gasteiger partial charge >= 0.3 is 0 Å².